The van der Waals surface area contributed by atoms with Gasteiger partial charge in [-0.2, -0.15) is 18.3 Å². The smallest absolute Gasteiger partial charge is 0.328 e. The largest absolute Gasteiger partial charge is 0.408 e. The van der Waals surface area contributed by atoms with Crippen molar-refractivity contribution in [3.8, 4) is 0 Å². The highest BCUT2D eigenvalue weighted by Crippen LogP contribution is 2.24. The Morgan fingerprint density at radius 3 is 2.81 bits per heavy atom. The number of alkyl halides is 3. The molecular weight excluding hydrogens is 309 g/mol. The molecule has 2 rings (SSSR count). The molecule has 1 amide bonds. The molecule has 0 spiro atoms. The van der Waals surface area contributed by atoms with Gasteiger partial charge in [0.1, 0.15) is 6.54 Å². The lowest BCUT2D eigenvalue weighted by molar-refractivity contribution is -0.142. The topological polar surface area (TPSA) is 72.9 Å². The van der Waals surface area contributed by atoms with Crippen molar-refractivity contribution in [2.45, 2.75) is 44.4 Å². The van der Waals surface area contributed by atoms with E-state index in [1.165, 1.54) is 12.4 Å². The fourth-order valence-electron chi connectivity index (χ4n) is 2.41. The van der Waals surface area contributed by atoms with E-state index in [0.717, 1.165) is 23.9 Å². The average molecular weight is 327 g/mol. The van der Waals surface area contributed by atoms with Crippen LogP contribution in [0.15, 0.2) is 12.4 Å². The van der Waals surface area contributed by atoms with Crippen molar-refractivity contribution in [2.24, 2.45) is 11.7 Å². The average Bonchev–Trinajstić information content (AvgIpc) is 2.74. The summed E-state index contributed by atoms with van der Waals surface area (Å²) in [6.45, 7) is -1.17. The first kappa shape index (κ1) is 17.8. The van der Waals surface area contributed by atoms with Gasteiger partial charge in [-0.3, -0.25) is 9.48 Å². The van der Waals surface area contributed by atoms with Gasteiger partial charge in [-0.05, 0) is 19.3 Å². The monoisotopic (exact) mass is 326 g/mol. The second-order valence-corrected chi connectivity index (χ2v) is 5.15. The number of rotatable bonds is 3. The first-order valence-corrected chi connectivity index (χ1v) is 6.49. The van der Waals surface area contributed by atoms with E-state index in [-0.39, 0.29) is 36.0 Å². The summed E-state index contributed by atoms with van der Waals surface area (Å²) in [4.78, 5) is 12.0. The number of halogens is 4. The third-order valence-electron chi connectivity index (χ3n) is 3.33. The molecule has 1 aromatic heterocycles. The molecule has 1 aliphatic rings. The Labute approximate surface area is 126 Å². The number of aromatic nitrogens is 2. The van der Waals surface area contributed by atoms with Crippen molar-refractivity contribution in [1.82, 2.24) is 9.78 Å². The highest BCUT2D eigenvalue weighted by Gasteiger charge is 2.29. The van der Waals surface area contributed by atoms with Crippen LogP contribution in [0.1, 0.15) is 25.7 Å². The second kappa shape index (κ2) is 7.13. The number of hydrogen-bond donors (Lipinski definition) is 2. The fraction of sp³-hybridized carbons (Fsp3) is 0.667. The quantitative estimate of drug-likeness (QED) is 0.895. The highest BCUT2D eigenvalue weighted by atomic mass is 35.5. The van der Waals surface area contributed by atoms with E-state index in [1.54, 1.807) is 0 Å². The Morgan fingerprint density at radius 2 is 2.19 bits per heavy atom. The van der Waals surface area contributed by atoms with Crippen LogP contribution in [0.2, 0.25) is 0 Å². The molecule has 1 fully saturated rings. The molecule has 0 saturated heterocycles. The molecule has 9 heteroatoms. The van der Waals surface area contributed by atoms with Crippen LogP contribution in [0.5, 0.6) is 0 Å². The van der Waals surface area contributed by atoms with Crippen LogP contribution in [0.4, 0.5) is 18.9 Å². The number of amides is 1. The van der Waals surface area contributed by atoms with Gasteiger partial charge in [-0.15, -0.1) is 12.4 Å². The van der Waals surface area contributed by atoms with Gasteiger partial charge in [-0.25, -0.2) is 0 Å². The fourth-order valence-corrected chi connectivity index (χ4v) is 2.41. The summed E-state index contributed by atoms with van der Waals surface area (Å²) in [6.07, 6.45) is 1.24. The Kier molecular flexibility index (Phi) is 6.03. The minimum atomic E-state index is -4.33. The maximum absolute atomic E-state index is 12.2. The van der Waals surface area contributed by atoms with Gasteiger partial charge >= 0.3 is 6.18 Å². The van der Waals surface area contributed by atoms with Crippen molar-refractivity contribution in [2.75, 3.05) is 5.32 Å². The molecule has 5 nitrogen and oxygen atoms in total. The Hall–Kier alpha value is -1.28. The van der Waals surface area contributed by atoms with Crippen molar-refractivity contribution < 1.29 is 18.0 Å². The lowest BCUT2D eigenvalue weighted by Gasteiger charge is -2.25. The van der Waals surface area contributed by atoms with E-state index in [0.29, 0.717) is 6.42 Å². The number of carbonyl (C=O) groups excluding carboxylic acids is 1. The number of nitrogens with two attached hydrogens (primary N) is 1. The number of carbonyl (C=O) groups is 1. The number of hydrogen-bond acceptors (Lipinski definition) is 3. The summed E-state index contributed by atoms with van der Waals surface area (Å²) in [5.41, 5.74) is 6.08. The summed E-state index contributed by atoms with van der Waals surface area (Å²) in [6, 6.07) is 0.0208. The maximum atomic E-state index is 12.2. The summed E-state index contributed by atoms with van der Waals surface area (Å²) in [5.74, 6) is -0.378. The minimum absolute atomic E-state index is 0. The standard InChI is InChI=1S/C12H17F3N4O.ClH/c13-12(14,15)7-19-6-10(5-17-19)18-11(20)8-2-1-3-9(16)4-8;/h5-6,8-9H,1-4,7,16H2,(H,18,20);1H. The molecule has 1 saturated carbocycles. The van der Waals surface area contributed by atoms with Crippen LogP contribution < -0.4 is 11.1 Å². The van der Waals surface area contributed by atoms with Crippen molar-refractivity contribution in [1.29, 1.82) is 0 Å². The lowest BCUT2D eigenvalue weighted by atomic mass is 9.85. The molecule has 2 unspecified atom stereocenters. The molecule has 3 N–H and O–H groups in total. The van der Waals surface area contributed by atoms with Crippen LogP contribution in [0.25, 0.3) is 0 Å². The van der Waals surface area contributed by atoms with Gasteiger partial charge in [0.05, 0.1) is 11.9 Å². The van der Waals surface area contributed by atoms with E-state index in [4.69, 9.17) is 5.73 Å². The number of nitrogens with zero attached hydrogens (tertiary/aromatic N) is 2. The van der Waals surface area contributed by atoms with Gasteiger partial charge in [0.25, 0.3) is 0 Å². The Bertz CT molecular complexity index is 477. The molecule has 1 aliphatic carbocycles. The maximum Gasteiger partial charge on any atom is 0.408 e. The molecule has 0 aromatic carbocycles. The van der Waals surface area contributed by atoms with Crippen molar-refractivity contribution >= 4 is 24.0 Å². The third kappa shape index (κ3) is 5.55. The lowest BCUT2D eigenvalue weighted by Crippen LogP contribution is -2.34. The first-order chi connectivity index (χ1) is 9.33. The molecule has 0 aliphatic heterocycles. The number of nitrogens with one attached hydrogen (secondary N) is 1. The molecule has 0 radical (unpaired) electrons. The highest BCUT2D eigenvalue weighted by molar-refractivity contribution is 5.92. The minimum Gasteiger partial charge on any atom is -0.328 e. The Morgan fingerprint density at radius 1 is 1.48 bits per heavy atom. The van der Waals surface area contributed by atoms with E-state index >= 15 is 0 Å². The molecule has 2 atom stereocenters. The zero-order valence-electron chi connectivity index (χ0n) is 11.3. The van der Waals surface area contributed by atoms with Crippen molar-refractivity contribution in [3.63, 3.8) is 0 Å². The van der Waals surface area contributed by atoms with Crippen LogP contribution in [-0.4, -0.2) is 27.9 Å². The summed E-state index contributed by atoms with van der Waals surface area (Å²) in [5, 5.41) is 6.17. The Balaban J connectivity index is 0.00000220. The predicted octanol–water partition coefficient (Wildman–Crippen LogP) is 2.32. The van der Waals surface area contributed by atoms with Gasteiger partial charge in [0, 0.05) is 18.2 Å². The molecule has 1 heterocycles. The molecular formula is C12H18ClF3N4O. The number of anilines is 1. The molecule has 120 valence electrons. The van der Waals surface area contributed by atoms with E-state index in [1.807, 2.05) is 0 Å². The van der Waals surface area contributed by atoms with E-state index in [9.17, 15) is 18.0 Å². The summed E-state index contributed by atoms with van der Waals surface area (Å²) >= 11 is 0. The normalized spacial score (nSPS) is 22.5. The summed E-state index contributed by atoms with van der Waals surface area (Å²) in [7, 11) is 0. The van der Waals surface area contributed by atoms with Crippen LogP contribution in [-0.2, 0) is 11.3 Å². The van der Waals surface area contributed by atoms with E-state index in [2.05, 4.69) is 10.4 Å². The predicted molar refractivity (Wildman–Crippen MR) is 74.1 cm³/mol. The van der Waals surface area contributed by atoms with Gasteiger partial charge in [0.15, 0.2) is 0 Å². The second-order valence-electron chi connectivity index (χ2n) is 5.15. The van der Waals surface area contributed by atoms with Gasteiger partial charge in [0.2, 0.25) is 5.91 Å². The third-order valence-corrected chi connectivity index (χ3v) is 3.33. The van der Waals surface area contributed by atoms with Crippen LogP contribution in [0.3, 0.4) is 0 Å². The summed E-state index contributed by atoms with van der Waals surface area (Å²) < 4.78 is 37.3. The van der Waals surface area contributed by atoms with Crippen LogP contribution in [0, 0.1) is 5.92 Å². The van der Waals surface area contributed by atoms with Crippen molar-refractivity contribution in [3.05, 3.63) is 12.4 Å². The van der Waals surface area contributed by atoms with E-state index < -0.39 is 12.7 Å². The molecule has 0 bridgehead atoms. The molecule has 1 aromatic rings. The zero-order chi connectivity index (χ0) is 14.8. The SMILES string of the molecule is Cl.NC1CCCC(C(=O)Nc2cnn(CC(F)(F)F)c2)C1. The first-order valence-electron chi connectivity index (χ1n) is 6.49. The van der Waals surface area contributed by atoms with Crippen LogP contribution >= 0.6 is 12.4 Å². The van der Waals surface area contributed by atoms with Gasteiger partial charge in [-0.1, -0.05) is 6.42 Å². The molecule has 21 heavy (non-hydrogen) atoms. The van der Waals surface area contributed by atoms with Gasteiger partial charge < -0.3 is 11.1 Å². The zero-order valence-corrected chi connectivity index (χ0v) is 12.1.